The van der Waals surface area contributed by atoms with Crippen molar-refractivity contribution in [3.63, 3.8) is 0 Å². The lowest BCUT2D eigenvalue weighted by atomic mass is 10.0. The zero-order valence-corrected chi connectivity index (χ0v) is 29.3. The van der Waals surface area contributed by atoms with Crippen LogP contribution >= 0.6 is 0 Å². The van der Waals surface area contributed by atoms with Crippen LogP contribution in [0.1, 0.15) is 50.9 Å². The Bertz CT molecular complexity index is 2250. The molecule has 3 amide bonds. The first-order chi connectivity index (χ1) is 23.2. The summed E-state index contributed by atoms with van der Waals surface area (Å²) in [6, 6.07) is 21.0. The van der Waals surface area contributed by atoms with Crippen molar-refractivity contribution >= 4 is 43.1 Å². The Morgan fingerprint density at radius 3 is 2.00 bits per heavy atom. The van der Waals surface area contributed by atoms with Crippen LogP contribution in [0.2, 0.25) is 0 Å². The molecule has 256 valence electrons. The highest BCUT2D eigenvalue weighted by molar-refractivity contribution is 7.90. The first-order valence-electron chi connectivity index (χ1n) is 15.5. The number of nitrogens with zero attached hydrogens (tertiary/aromatic N) is 2. The predicted octanol–water partition coefficient (Wildman–Crippen LogP) is 5.10. The Balaban J connectivity index is 1.28. The summed E-state index contributed by atoms with van der Waals surface area (Å²) in [6.45, 7) is 9.37. The van der Waals surface area contributed by atoms with Crippen molar-refractivity contribution in [1.82, 2.24) is 25.1 Å². The molecule has 4 aromatic carbocycles. The van der Waals surface area contributed by atoms with Gasteiger partial charge in [-0.05, 0) is 93.3 Å². The van der Waals surface area contributed by atoms with E-state index in [4.69, 9.17) is 9.27 Å². The lowest BCUT2D eigenvalue weighted by Gasteiger charge is -2.13. The number of aryl methyl sites for hydroxylation is 5. The summed E-state index contributed by atoms with van der Waals surface area (Å²) < 4.78 is 59.1. The van der Waals surface area contributed by atoms with Gasteiger partial charge in [-0.25, -0.2) is 28.4 Å². The van der Waals surface area contributed by atoms with E-state index < -0.39 is 32.1 Å². The molecule has 0 spiro atoms. The minimum Gasteiger partial charge on any atom is -0.337 e. The van der Waals surface area contributed by atoms with Gasteiger partial charge in [-0.3, -0.25) is 9.36 Å². The van der Waals surface area contributed by atoms with Crippen LogP contribution in [0, 0.1) is 27.7 Å². The fraction of sp³-hybridized carbons (Fsp3) is 0.229. The van der Waals surface area contributed by atoms with E-state index in [2.05, 4.69) is 10.8 Å². The molecule has 0 aliphatic heterocycles. The normalized spacial score (nSPS) is 11.8. The van der Waals surface area contributed by atoms with Crippen LogP contribution < -0.4 is 15.5 Å². The summed E-state index contributed by atoms with van der Waals surface area (Å²) in [5, 5.41) is 2.59. The minimum absolute atomic E-state index is 0.00513. The second-order valence-corrected chi connectivity index (χ2v) is 14.9. The third-order valence-corrected chi connectivity index (χ3v) is 10.5. The second-order valence-electron chi connectivity index (χ2n) is 11.7. The highest BCUT2D eigenvalue weighted by atomic mass is 32.2. The Labute approximate surface area is 285 Å². The van der Waals surface area contributed by atoms with E-state index >= 15 is 0 Å². The average Bonchev–Trinajstić information content (AvgIpc) is 3.43. The van der Waals surface area contributed by atoms with E-state index in [1.54, 1.807) is 38.1 Å². The molecule has 0 aliphatic rings. The number of hydrogen-bond donors (Lipinski definition) is 3. The number of nitrogens with one attached hydrogen (secondary N) is 3. The molecule has 0 saturated heterocycles. The molecular formula is C35H37N5O7S2. The Morgan fingerprint density at radius 2 is 1.41 bits per heavy atom. The number of carbonyl (C=O) groups excluding carboxylic acids is 2. The van der Waals surface area contributed by atoms with E-state index in [0.717, 1.165) is 33.7 Å². The molecule has 1 aromatic heterocycles. The zero-order valence-electron chi connectivity index (χ0n) is 27.7. The van der Waals surface area contributed by atoms with Crippen molar-refractivity contribution in [1.29, 1.82) is 0 Å². The Kier molecular flexibility index (Phi) is 10.2. The van der Waals surface area contributed by atoms with Crippen LogP contribution in [0.5, 0.6) is 0 Å². The molecule has 5 rings (SSSR count). The van der Waals surface area contributed by atoms with E-state index in [-0.39, 0.29) is 21.9 Å². The number of rotatable bonds is 11. The number of carbonyl (C=O) groups is 2. The summed E-state index contributed by atoms with van der Waals surface area (Å²) in [4.78, 5) is 30.3. The molecule has 0 saturated carbocycles. The maximum absolute atomic E-state index is 13.2. The second kappa shape index (κ2) is 14.2. The van der Waals surface area contributed by atoms with Gasteiger partial charge in [-0.2, -0.15) is 8.42 Å². The number of hydrogen-bond acceptors (Lipinski definition) is 8. The van der Waals surface area contributed by atoms with Crippen molar-refractivity contribution in [2.24, 2.45) is 0 Å². The van der Waals surface area contributed by atoms with Crippen LogP contribution in [0.4, 0.5) is 4.79 Å². The summed E-state index contributed by atoms with van der Waals surface area (Å²) in [5.41, 5.74) is 8.44. The number of imidazole rings is 1. The van der Waals surface area contributed by atoms with E-state index in [0.29, 0.717) is 29.5 Å². The van der Waals surface area contributed by atoms with Gasteiger partial charge >= 0.3 is 16.1 Å². The quantitative estimate of drug-likeness (QED) is 0.160. The van der Waals surface area contributed by atoms with E-state index in [1.807, 2.05) is 60.4 Å². The van der Waals surface area contributed by atoms with Gasteiger partial charge in [0.15, 0.2) is 0 Å². The number of benzene rings is 4. The number of urea groups is 1. The first kappa shape index (κ1) is 35.3. The smallest absolute Gasteiger partial charge is 0.328 e. The van der Waals surface area contributed by atoms with Crippen molar-refractivity contribution in [2.75, 3.05) is 6.54 Å². The minimum atomic E-state index is -4.22. The molecule has 1 heterocycles. The number of aromatic nitrogens is 2. The predicted molar refractivity (Wildman–Crippen MR) is 185 cm³/mol. The number of sulfonamides is 1. The first-order valence-corrected chi connectivity index (χ1v) is 18.4. The van der Waals surface area contributed by atoms with Gasteiger partial charge in [0.05, 0.1) is 20.8 Å². The third kappa shape index (κ3) is 7.82. The topological polar surface area (TPSA) is 166 Å². The number of amides is 3. The fourth-order valence-electron chi connectivity index (χ4n) is 5.42. The Hall–Kier alpha value is -5.05. The molecule has 0 unspecified atom stereocenters. The maximum Gasteiger partial charge on any atom is 0.328 e. The summed E-state index contributed by atoms with van der Waals surface area (Å²) >= 11 is 0. The Morgan fingerprint density at radius 1 is 0.816 bits per heavy atom. The van der Waals surface area contributed by atoms with E-state index in [9.17, 15) is 26.4 Å². The van der Waals surface area contributed by atoms with Crippen LogP contribution in [-0.4, -0.2) is 44.9 Å². The largest absolute Gasteiger partial charge is 0.337 e. The maximum atomic E-state index is 13.2. The molecule has 12 nitrogen and oxygen atoms in total. The van der Waals surface area contributed by atoms with Gasteiger partial charge in [0.2, 0.25) is 0 Å². The standard InChI is InChI=1S/C35H37N5O7S2/c1-6-31-37-33-25(5)32(34(41)38-47-49(45,46)29-17-9-23(3)10-18-29)24(4)21-30(33)40(31)27-13-11-26(12-14-27)19-20-36-35(42)39-48(43,44)28-15-7-22(2)8-16-28/h7-18,21H,6,19-20H2,1-5H3,(H,38,41)(H2,36,39,42). The lowest BCUT2D eigenvalue weighted by molar-refractivity contribution is 0.0769. The van der Waals surface area contributed by atoms with Gasteiger partial charge < -0.3 is 5.32 Å². The van der Waals surface area contributed by atoms with Crippen molar-refractivity contribution in [3.8, 4) is 5.69 Å². The van der Waals surface area contributed by atoms with Crippen molar-refractivity contribution in [2.45, 2.75) is 57.3 Å². The molecule has 5 aromatic rings. The van der Waals surface area contributed by atoms with Crippen molar-refractivity contribution < 1.29 is 30.7 Å². The molecular weight excluding hydrogens is 667 g/mol. The van der Waals surface area contributed by atoms with Gasteiger partial charge in [0, 0.05) is 24.2 Å². The molecule has 3 N–H and O–H groups in total. The van der Waals surface area contributed by atoms with Gasteiger partial charge in [0.1, 0.15) is 5.82 Å². The molecule has 14 heteroatoms. The molecule has 49 heavy (non-hydrogen) atoms. The molecule has 0 fully saturated rings. The highest BCUT2D eigenvalue weighted by Gasteiger charge is 2.23. The number of fused-ring (bicyclic) bond motifs is 1. The molecule has 0 atom stereocenters. The molecule has 0 aliphatic carbocycles. The monoisotopic (exact) mass is 703 g/mol. The zero-order chi connectivity index (χ0) is 35.5. The average molecular weight is 704 g/mol. The van der Waals surface area contributed by atoms with Gasteiger partial charge in [-0.1, -0.05) is 54.4 Å². The molecule has 0 bridgehead atoms. The van der Waals surface area contributed by atoms with Crippen LogP contribution in [0.15, 0.2) is 88.7 Å². The summed E-state index contributed by atoms with van der Waals surface area (Å²) in [5.74, 6) is 0.0497. The fourth-order valence-corrected chi connectivity index (χ4v) is 7.10. The van der Waals surface area contributed by atoms with E-state index in [1.165, 1.54) is 24.3 Å². The SMILES string of the molecule is CCc1nc2c(C)c(C(=O)NOS(=O)(=O)c3ccc(C)cc3)c(C)cc2n1-c1ccc(CCNC(=O)NS(=O)(=O)c2ccc(C)cc2)cc1. The summed E-state index contributed by atoms with van der Waals surface area (Å²) in [6.07, 6.45) is 1.06. The highest BCUT2D eigenvalue weighted by Crippen LogP contribution is 2.29. The lowest BCUT2D eigenvalue weighted by Crippen LogP contribution is -2.40. The molecule has 0 radical (unpaired) electrons. The van der Waals surface area contributed by atoms with Crippen molar-refractivity contribution in [3.05, 3.63) is 118 Å². The van der Waals surface area contributed by atoms with Crippen LogP contribution in [0.3, 0.4) is 0 Å². The summed E-state index contributed by atoms with van der Waals surface area (Å²) in [7, 11) is -8.21. The number of hydroxylamine groups is 1. The third-order valence-electron chi connectivity index (χ3n) is 8.01. The van der Waals surface area contributed by atoms with Gasteiger partial charge in [0.25, 0.3) is 15.9 Å². The van der Waals surface area contributed by atoms with Gasteiger partial charge in [-0.15, -0.1) is 4.28 Å². The van der Waals surface area contributed by atoms with Crippen LogP contribution in [-0.2, 0) is 37.3 Å². The van der Waals surface area contributed by atoms with Crippen LogP contribution in [0.25, 0.3) is 16.7 Å².